The van der Waals surface area contributed by atoms with Crippen molar-refractivity contribution in [2.24, 2.45) is 0 Å². The number of phenols is 1. The zero-order chi connectivity index (χ0) is 15.6. The Kier molecular flexibility index (Phi) is 4.41. The lowest BCUT2D eigenvalue weighted by molar-refractivity contribution is -0.160. The molecule has 4 nitrogen and oxygen atoms in total. The largest absolute Gasteiger partial charge is 0.508 e. The van der Waals surface area contributed by atoms with Crippen molar-refractivity contribution < 1.29 is 23.1 Å². The first kappa shape index (κ1) is 15.6. The predicted octanol–water partition coefficient (Wildman–Crippen LogP) is 2.11. The van der Waals surface area contributed by atoms with Crippen molar-refractivity contribution in [1.82, 2.24) is 10.6 Å². The summed E-state index contributed by atoms with van der Waals surface area (Å²) < 4.78 is 37.5. The van der Waals surface area contributed by atoms with Gasteiger partial charge in [-0.05, 0) is 31.9 Å². The molecule has 0 spiro atoms. The number of benzene rings is 1. The van der Waals surface area contributed by atoms with Gasteiger partial charge in [0.1, 0.15) is 11.8 Å². The molecule has 2 unspecified atom stereocenters. The van der Waals surface area contributed by atoms with Gasteiger partial charge in [-0.25, -0.2) is 0 Å². The number of aromatic hydroxyl groups is 1. The Labute approximate surface area is 120 Å². The number of hydrogen-bond donors (Lipinski definition) is 3. The third-order valence-corrected chi connectivity index (χ3v) is 3.69. The van der Waals surface area contributed by atoms with E-state index in [9.17, 15) is 23.1 Å². The van der Waals surface area contributed by atoms with Crippen molar-refractivity contribution in [2.75, 3.05) is 6.54 Å². The molecule has 3 N–H and O–H groups in total. The second-order valence-electron chi connectivity index (χ2n) is 5.20. The Hall–Kier alpha value is -1.76. The van der Waals surface area contributed by atoms with Crippen LogP contribution in [-0.2, 0) is 0 Å². The fourth-order valence-corrected chi connectivity index (χ4v) is 2.39. The summed E-state index contributed by atoms with van der Waals surface area (Å²) in [6.45, 7) is 1.69. The standard InChI is InChI=1S/C14H17F3N2O2/c1-8-10(3-2-4-11(8)20)13(21)19-9-5-6-12(18-7-9)14(15,16)17/h2-4,9,12,18,20H,5-7H2,1H3,(H,19,21). The first-order valence-corrected chi connectivity index (χ1v) is 6.68. The van der Waals surface area contributed by atoms with Crippen molar-refractivity contribution in [3.8, 4) is 5.75 Å². The van der Waals surface area contributed by atoms with Crippen LogP contribution < -0.4 is 10.6 Å². The molecule has 2 rings (SSSR count). The van der Waals surface area contributed by atoms with E-state index in [1.54, 1.807) is 19.1 Å². The van der Waals surface area contributed by atoms with Gasteiger partial charge >= 0.3 is 6.18 Å². The highest BCUT2D eigenvalue weighted by molar-refractivity contribution is 5.96. The minimum Gasteiger partial charge on any atom is -0.508 e. The Morgan fingerprint density at radius 3 is 2.67 bits per heavy atom. The highest BCUT2D eigenvalue weighted by Gasteiger charge is 2.41. The highest BCUT2D eigenvalue weighted by Crippen LogP contribution is 2.26. The summed E-state index contributed by atoms with van der Waals surface area (Å²) in [5.74, 6) is -0.373. The molecular weight excluding hydrogens is 285 g/mol. The van der Waals surface area contributed by atoms with Crippen LogP contribution in [0.25, 0.3) is 0 Å². The number of phenolic OH excluding ortho intramolecular Hbond substituents is 1. The maximum Gasteiger partial charge on any atom is 0.403 e. The van der Waals surface area contributed by atoms with E-state index >= 15 is 0 Å². The van der Waals surface area contributed by atoms with Crippen LogP contribution >= 0.6 is 0 Å². The Morgan fingerprint density at radius 1 is 1.38 bits per heavy atom. The summed E-state index contributed by atoms with van der Waals surface area (Å²) in [6.07, 6.45) is -4.05. The van der Waals surface area contributed by atoms with E-state index in [4.69, 9.17) is 0 Å². The Balaban J connectivity index is 1.95. The fourth-order valence-electron chi connectivity index (χ4n) is 2.39. The number of alkyl halides is 3. The lowest BCUT2D eigenvalue weighted by atomic mass is 9.99. The summed E-state index contributed by atoms with van der Waals surface area (Å²) in [7, 11) is 0. The molecule has 7 heteroatoms. The molecule has 21 heavy (non-hydrogen) atoms. The van der Waals surface area contributed by atoms with Gasteiger partial charge in [0, 0.05) is 23.7 Å². The van der Waals surface area contributed by atoms with Crippen molar-refractivity contribution >= 4 is 5.91 Å². The normalized spacial score (nSPS) is 22.9. The molecule has 2 atom stereocenters. The van der Waals surface area contributed by atoms with Gasteiger partial charge in [-0.1, -0.05) is 6.07 Å². The topological polar surface area (TPSA) is 61.4 Å². The van der Waals surface area contributed by atoms with Gasteiger partial charge in [-0.15, -0.1) is 0 Å². The summed E-state index contributed by atoms with van der Waals surface area (Å²) in [5.41, 5.74) is 0.778. The molecule has 116 valence electrons. The number of carbonyl (C=O) groups is 1. The summed E-state index contributed by atoms with van der Waals surface area (Å²) in [4.78, 5) is 12.1. The van der Waals surface area contributed by atoms with Gasteiger partial charge in [-0.3, -0.25) is 4.79 Å². The molecule has 1 heterocycles. The second kappa shape index (κ2) is 5.93. The van der Waals surface area contributed by atoms with Crippen LogP contribution in [0.5, 0.6) is 5.75 Å². The number of rotatable bonds is 2. The van der Waals surface area contributed by atoms with Crippen molar-refractivity contribution in [3.05, 3.63) is 29.3 Å². The monoisotopic (exact) mass is 302 g/mol. The van der Waals surface area contributed by atoms with E-state index in [0.717, 1.165) is 0 Å². The minimum atomic E-state index is -4.25. The highest BCUT2D eigenvalue weighted by atomic mass is 19.4. The van der Waals surface area contributed by atoms with Gasteiger partial charge < -0.3 is 15.7 Å². The molecule has 0 saturated carbocycles. The quantitative estimate of drug-likeness (QED) is 0.784. The summed E-state index contributed by atoms with van der Waals surface area (Å²) in [5, 5.41) is 14.7. The van der Waals surface area contributed by atoms with Crippen LogP contribution in [0.4, 0.5) is 13.2 Å². The molecule has 0 aromatic heterocycles. The summed E-state index contributed by atoms with van der Waals surface area (Å²) >= 11 is 0. The van der Waals surface area contributed by atoms with Crippen LogP contribution in [0.1, 0.15) is 28.8 Å². The van der Waals surface area contributed by atoms with Gasteiger partial charge in [0.15, 0.2) is 0 Å². The molecule has 1 aliphatic rings. The van der Waals surface area contributed by atoms with Crippen molar-refractivity contribution in [1.29, 1.82) is 0 Å². The maximum atomic E-state index is 12.5. The van der Waals surface area contributed by atoms with Crippen LogP contribution in [0.2, 0.25) is 0 Å². The SMILES string of the molecule is Cc1c(O)cccc1C(=O)NC1CCC(C(F)(F)F)NC1. The Morgan fingerprint density at radius 2 is 2.10 bits per heavy atom. The molecule has 0 aliphatic carbocycles. The molecule has 1 amide bonds. The van der Waals surface area contributed by atoms with Gasteiger partial charge in [0.2, 0.25) is 0 Å². The van der Waals surface area contributed by atoms with Crippen molar-refractivity contribution in [3.63, 3.8) is 0 Å². The van der Waals surface area contributed by atoms with E-state index in [0.29, 0.717) is 11.1 Å². The van der Waals surface area contributed by atoms with E-state index in [1.807, 2.05) is 0 Å². The van der Waals surface area contributed by atoms with Crippen LogP contribution in [0.3, 0.4) is 0 Å². The zero-order valence-electron chi connectivity index (χ0n) is 11.5. The lowest BCUT2D eigenvalue weighted by Gasteiger charge is -2.31. The molecule has 1 fully saturated rings. The molecule has 1 aliphatic heterocycles. The molecule has 0 bridgehead atoms. The number of carbonyl (C=O) groups excluding carboxylic acids is 1. The summed E-state index contributed by atoms with van der Waals surface area (Å²) in [6, 6.07) is 2.74. The average molecular weight is 302 g/mol. The minimum absolute atomic E-state index is 0.0153. The number of nitrogens with one attached hydrogen (secondary N) is 2. The molecule has 1 aromatic carbocycles. The second-order valence-corrected chi connectivity index (χ2v) is 5.20. The molecular formula is C14H17F3N2O2. The molecule has 0 radical (unpaired) electrons. The fraction of sp³-hybridized carbons (Fsp3) is 0.500. The van der Waals surface area contributed by atoms with Crippen LogP contribution in [0, 0.1) is 6.92 Å². The number of halogens is 3. The van der Waals surface area contributed by atoms with E-state index in [-0.39, 0.29) is 37.1 Å². The van der Waals surface area contributed by atoms with E-state index < -0.39 is 12.2 Å². The van der Waals surface area contributed by atoms with Crippen LogP contribution in [-0.4, -0.2) is 35.8 Å². The predicted molar refractivity (Wildman–Crippen MR) is 71.2 cm³/mol. The zero-order valence-corrected chi connectivity index (χ0v) is 11.5. The first-order chi connectivity index (χ1) is 9.79. The number of piperidine rings is 1. The molecule has 1 aromatic rings. The van der Waals surface area contributed by atoms with Crippen LogP contribution in [0.15, 0.2) is 18.2 Å². The van der Waals surface area contributed by atoms with E-state index in [2.05, 4.69) is 10.6 Å². The Bertz CT molecular complexity index is 523. The lowest BCUT2D eigenvalue weighted by Crippen LogP contribution is -2.54. The third kappa shape index (κ3) is 3.66. The van der Waals surface area contributed by atoms with E-state index in [1.165, 1.54) is 6.07 Å². The maximum absolute atomic E-state index is 12.5. The molecule has 1 saturated heterocycles. The van der Waals surface area contributed by atoms with Gasteiger partial charge in [0.05, 0.1) is 0 Å². The smallest absolute Gasteiger partial charge is 0.403 e. The van der Waals surface area contributed by atoms with Gasteiger partial charge in [-0.2, -0.15) is 13.2 Å². The number of hydrogen-bond acceptors (Lipinski definition) is 3. The third-order valence-electron chi connectivity index (χ3n) is 3.69. The van der Waals surface area contributed by atoms with Gasteiger partial charge in [0.25, 0.3) is 5.91 Å². The number of amides is 1. The first-order valence-electron chi connectivity index (χ1n) is 6.68. The van der Waals surface area contributed by atoms with Crippen molar-refractivity contribution in [2.45, 2.75) is 38.0 Å². The average Bonchev–Trinajstić information content (AvgIpc) is 2.41.